The molecule has 0 fully saturated rings. The molecule has 3 rings (SSSR count). The fourth-order valence-electron chi connectivity index (χ4n) is 2.63. The van der Waals surface area contributed by atoms with E-state index in [0.29, 0.717) is 13.1 Å². The molecule has 0 heterocycles. The van der Waals surface area contributed by atoms with E-state index in [2.05, 4.69) is 33.4 Å². The number of nitrogens with one attached hydrogen (secondary N) is 1. The van der Waals surface area contributed by atoms with Crippen molar-refractivity contribution in [2.24, 2.45) is 0 Å². The fourth-order valence-corrected chi connectivity index (χ4v) is 3.11. The Bertz CT molecular complexity index is 841. The van der Waals surface area contributed by atoms with Crippen molar-refractivity contribution >= 4 is 26.7 Å². The molecule has 0 amide bonds. The van der Waals surface area contributed by atoms with Gasteiger partial charge in [0.1, 0.15) is 0 Å². The van der Waals surface area contributed by atoms with Crippen LogP contribution in [0.25, 0.3) is 10.8 Å². The largest absolute Gasteiger partial charge is 0.416 e. The zero-order valence-electron chi connectivity index (χ0n) is 12.7. The normalized spacial score (nSPS) is 11.8. The van der Waals surface area contributed by atoms with E-state index < -0.39 is 11.7 Å². The minimum atomic E-state index is -4.29. The van der Waals surface area contributed by atoms with Gasteiger partial charge in [-0.15, -0.1) is 0 Å². The predicted molar refractivity (Wildman–Crippen MR) is 93.6 cm³/mol. The van der Waals surface area contributed by atoms with Gasteiger partial charge in [0.05, 0.1) is 5.56 Å². The summed E-state index contributed by atoms with van der Waals surface area (Å²) in [6, 6.07) is 17.4. The SMILES string of the molecule is FC(F)(F)c1ccc(CNCc2ccc(Br)c3ccccc23)cc1. The van der Waals surface area contributed by atoms with Gasteiger partial charge in [0, 0.05) is 17.6 Å². The summed E-state index contributed by atoms with van der Waals surface area (Å²) < 4.78 is 38.7. The number of hydrogen-bond acceptors (Lipinski definition) is 1. The molecular formula is C19H15BrF3N. The molecule has 24 heavy (non-hydrogen) atoms. The van der Waals surface area contributed by atoms with Crippen molar-refractivity contribution in [3.8, 4) is 0 Å². The van der Waals surface area contributed by atoms with Crippen LogP contribution in [0.5, 0.6) is 0 Å². The predicted octanol–water partition coefficient (Wildman–Crippen LogP) is 5.91. The van der Waals surface area contributed by atoms with Gasteiger partial charge >= 0.3 is 6.18 Å². The summed E-state index contributed by atoms with van der Waals surface area (Å²) in [5.74, 6) is 0. The smallest absolute Gasteiger partial charge is 0.309 e. The van der Waals surface area contributed by atoms with Gasteiger partial charge in [0.25, 0.3) is 0 Å². The van der Waals surface area contributed by atoms with E-state index in [9.17, 15) is 13.2 Å². The number of alkyl halides is 3. The summed E-state index contributed by atoms with van der Waals surface area (Å²) in [5, 5.41) is 5.60. The summed E-state index contributed by atoms with van der Waals surface area (Å²) in [7, 11) is 0. The lowest BCUT2D eigenvalue weighted by atomic mass is 10.0. The van der Waals surface area contributed by atoms with Crippen LogP contribution in [0.3, 0.4) is 0 Å². The molecule has 5 heteroatoms. The highest BCUT2D eigenvalue weighted by Crippen LogP contribution is 2.29. The molecule has 124 valence electrons. The Hall–Kier alpha value is -1.85. The molecule has 3 aromatic rings. The molecule has 0 atom stereocenters. The summed E-state index contributed by atoms with van der Waals surface area (Å²) in [6.07, 6.45) is -4.29. The maximum atomic E-state index is 12.6. The topological polar surface area (TPSA) is 12.0 Å². The minimum absolute atomic E-state index is 0.516. The molecule has 0 bridgehead atoms. The lowest BCUT2D eigenvalue weighted by molar-refractivity contribution is -0.137. The lowest BCUT2D eigenvalue weighted by Crippen LogP contribution is -2.13. The summed E-state index contributed by atoms with van der Waals surface area (Å²) >= 11 is 3.55. The average Bonchev–Trinajstić information content (AvgIpc) is 2.57. The van der Waals surface area contributed by atoms with Crippen molar-refractivity contribution < 1.29 is 13.2 Å². The van der Waals surface area contributed by atoms with Crippen LogP contribution in [0, 0.1) is 0 Å². The number of halogens is 4. The van der Waals surface area contributed by atoms with Crippen LogP contribution in [0.2, 0.25) is 0 Å². The standard InChI is InChI=1S/C19H15BrF3N/c20-18-10-7-14(16-3-1-2-4-17(16)18)12-24-11-13-5-8-15(9-6-13)19(21,22)23/h1-10,24H,11-12H2. The highest BCUT2D eigenvalue weighted by Gasteiger charge is 2.29. The molecule has 3 aromatic carbocycles. The quantitative estimate of drug-likeness (QED) is 0.580. The van der Waals surface area contributed by atoms with Gasteiger partial charge in [-0.05, 0) is 40.1 Å². The van der Waals surface area contributed by atoms with Crippen LogP contribution >= 0.6 is 15.9 Å². The van der Waals surface area contributed by atoms with Crippen molar-refractivity contribution in [1.82, 2.24) is 5.32 Å². The van der Waals surface area contributed by atoms with Gasteiger partial charge in [-0.25, -0.2) is 0 Å². The second kappa shape index (κ2) is 6.95. The van der Waals surface area contributed by atoms with Crippen LogP contribution in [0.15, 0.2) is 65.1 Å². The molecule has 0 aliphatic carbocycles. The Morgan fingerprint density at radius 1 is 0.792 bits per heavy atom. The van der Waals surface area contributed by atoms with Crippen molar-refractivity contribution in [3.05, 3.63) is 81.8 Å². The number of fused-ring (bicyclic) bond motifs is 1. The second-order valence-electron chi connectivity index (χ2n) is 5.55. The summed E-state index contributed by atoms with van der Waals surface area (Å²) in [6.45, 7) is 1.16. The average molecular weight is 394 g/mol. The van der Waals surface area contributed by atoms with Crippen molar-refractivity contribution in [1.29, 1.82) is 0 Å². The van der Waals surface area contributed by atoms with Gasteiger partial charge in [0.15, 0.2) is 0 Å². The first-order chi connectivity index (χ1) is 11.4. The molecule has 0 unspecified atom stereocenters. The van der Waals surface area contributed by atoms with Gasteiger partial charge in [-0.2, -0.15) is 13.2 Å². The lowest BCUT2D eigenvalue weighted by Gasteiger charge is -2.11. The third-order valence-corrected chi connectivity index (χ3v) is 4.58. The van der Waals surface area contributed by atoms with E-state index >= 15 is 0 Å². The molecule has 0 spiro atoms. The van der Waals surface area contributed by atoms with Gasteiger partial charge in [-0.1, -0.05) is 58.4 Å². The van der Waals surface area contributed by atoms with Crippen LogP contribution in [0.1, 0.15) is 16.7 Å². The van der Waals surface area contributed by atoms with Crippen molar-refractivity contribution in [2.75, 3.05) is 0 Å². The molecular weight excluding hydrogens is 379 g/mol. The highest BCUT2D eigenvalue weighted by molar-refractivity contribution is 9.10. The van der Waals surface area contributed by atoms with Crippen LogP contribution < -0.4 is 5.32 Å². The number of hydrogen-bond donors (Lipinski definition) is 1. The Kier molecular flexibility index (Phi) is 4.92. The van der Waals surface area contributed by atoms with E-state index in [0.717, 1.165) is 38.5 Å². The molecule has 0 saturated carbocycles. The van der Waals surface area contributed by atoms with E-state index in [1.807, 2.05) is 24.3 Å². The van der Waals surface area contributed by atoms with E-state index in [1.165, 1.54) is 12.1 Å². The summed E-state index contributed by atoms with van der Waals surface area (Å²) in [4.78, 5) is 0. The van der Waals surface area contributed by atoms with Crippen LogP contribution in [-0.2, 0) is 19.3 Å². The van der Waals surface area contributed by atoms with E-state index in [1.54, 1.807) is 0 Å². The Morgan fingerprint density at radius 2 is 1.46 bits per heavy atom. The third-order valence-electron chi connectivity index (χ3n) is 3.89. The monoisotopic (exact) mass is 393 g/mol. The van der Waals surface area contributed by atoms with E-state index in [4.69, 9.17) is 0 Å². The van der Waals surface area contributed by atoms with Gasteiger partial charge in [-0.3, -0.25) is 0 Å². The second-order valence-corrected chi connectivity index (χ2v) is 6.40. The Labute approximate surface area is 146 Å². The maximum Gasteiger partial charge on any atom is 0.416 e. The first-order valence-electron chi connectivity index (χ1n) is 7.48. The molecule has 0 aliphatic rings. The first-order valence-corrected chi connectivity index (χ1v) is 8.27. The molecule has 0 radical (unpaired) electrons. The van der Waals surface area contributed by atoms with E-state index in [-0.39, 0.29) is 0 Å². The first kappa shape index (κ1) is 17.0. The fraction of sp³-hybridized carbons (Fsp3) is 0.158. The Morgan fingerprint density at radius 3 is 2.12 bits per heavy atom. The number of rotatable bonds is 4. The van der Waals surface area contributed by atoms with Gasteiger partial charge < -0.3 is 5.32 Å². The summed E-state index contributed by atoms with van der Waals surface area (Å²) in [5.41, 5.74) is 1.36. The molecule has 0 aromatic heterocycles. The zero-order chi connectivity index (χ0) is 17.2. The van der Waals surface area contributed by atoms with Crippen LogP contribution in [-0.4, -0.2) is 0 Å². The minimum Gasteiger partial charge on any atom is -0.309 e. The van der Waals surface area contributed by atoms with Gasteiger partial charge in [0.2, 0.25) is 0 Å². The van der Waals surface area contributed by atoms with Crippen molar-refractivity contribution in [3.63, 3.8) is 0 Å². The molecule has 0 saturated heterocycles. The van der Waals surface area contributed by atoms with Crippen LogP contribution in [0.4, 0.5) is 13.2 Å². The third kappa shape index (κ3) is 3.79. The maximum absolute atomic E-state index is 12.6. The highest BCUT2D eigenvalue weighted by atomic mass is 79.9. The zero-order valence-corrected chi connectivity index (χ0v) is 14.3. The Balaban J connectivity index is 1.68. The van der Waals surface area contributed by atoms with Crippen molar-refractivity contribution in [2.45, 2.75) is 19.3 Å². The number of benzene rings is 3. The molecule has 1 N–H and O–H groups in total. The molecule has 0 aliphatic heterocycles. The molecule has 1 nitrogen and oxygen atoms in total.